The Hall–Kier alpha value is -3.79. The van der Waals surface area contributed by atoms with Crippen molar-refractivity contribution in [2.75, 3.05) is 0 Å². The minimum Gasteiger partial charge on any atom is -0.512 e. The molecule has 0 saturated heterocycles. The standard InChI is InChI=1S/2C15H10N.C5H8O2.2Ir/c1-2-7-13(8-3-1)15-14-9-5-4-6-12(14)10-11-16-15;1-2-6-12(7-3-1)15-11-10-13-8-4-5-9-14(13)16-15;1-4(6)3-5(2)7;;/h1-7,9-11H;1-6,8-11H;3,6H,1-2H3;;/q2*-1;;;. The predicted octanol–water partition coefficient (Wildman–Crippen LogP) is 8.44. The van der Waals surface area contributed by atoms with Gasteiger partial charge in [-0.2, -0.15) is 0 Å². The zero-order valence-corrected chi connectivity index (χ0v) is 27.3. The van der Waals surface area contributed by atoms with Gasteiger partial charge in [-0.25, -0.2) is 0 Å². The van der Waals surface area contributed by atoms with Crippen molar-refractivity contribution in [2.24, 2.45) is 0 Å². The number of allylic oxidation sites excluding steroid dienone is 2. The summed E-state index contributed by atoms with van der Waals surface area (Å²) in [5.41, 5.74) is 5.07. The Balaban J connectivity index is 0.000000226. The van der Waals surface area contributed by atoms with Crippen molar-refractivity contribution >= 4 is 27.5 Å². The molecule has 0 saturated carbocycles. The molecule has 0 aliphatic rings. The van der Waals surface area contributed by atoms with Crippen LogP contribution in [-0.2, 0) is 45.0 Å². The first kappa shape index (κ1) is 33.4. The zero-order chi connectivity index (χ0) is 27.5. The van der Waals surface area contributed by atoms with E-state index in [0.29, 0.717) is 0 Å². The van der Waals surface area contributed by atoms with Crippen LogP contribution in [0, 0.1) is 12.1 Å². The maximum absolute atomic E-state index is 10.0. The minimum atomic E-state index is -0.125. The number of aliphatic hydroxyl groups excluding tert-OH is 1. The predicted molar refractivity (Wildman–Crippen MR) is 159 cm³/mol. The second kappa shape index (κ2) is 17.1. The summed E-state index contributed by atoms with van der Waals surface area (Å²) < 4.78 is 0. The van der Waals surface area contributed by atoms with Crippen molar-refractivity contribution in [1.82, 2.24) is 9.97 Å². The van der Waals surface area contributed by atoms with E-state index < -0.39 is 0 Å². The fraction of sp³-hybridized carbons (Fsp3) is 0.0571. The molecule has 2 aromatic heterocycles. The van der Waals surface area contributed by atoms with Crippen LogP contribution in [0.15, 0.2) is 133 Å². The van der Waals surface area contributed by atoms with Crippen molar-refractivity contribution < 1.29 is 50.1 Å². The average molecular weight is 893 g/mol. The molecule has 6 heteroatoms. The second-order valence-electron chi connectivity index (χ2n) is 8.72. The van der Waals surface area contributed by atoms with Crippen LogP contribution in [-0.4, -0.2) is 20.9 Å². The van der Waals surface area contributed by atoms with E-state index in [2.05, 4.69) is 46.4 Å². The number of ketones is 1. The van der Waals surface area contributed by atoms with E-state index >= 15 is 0 Å². The Morgan fingerprint density at radius 2 is 1.32 bits per heavy atom. The van der Waals surface area contributed by atoms with Crippen molar-refractivity contribution in [3.63, 3.8) is 0 Å². The third-order valence-corrected chi connectivity index (χ3v) is 5.63. The van der Waals surface area contributed by atoms with Crippen molar-refractivity contribution in [2.45, 2.75) is 13.8 Å². The van der Waals surface area contributed by atoms with Gasteiger partial charge >= 0.3 is 0 Å². The third-order valence-electron chi connectivity index (χ3n) is 5.63. The third kappa shape index (κ3) is 9.96. The second-order valence-corrected chi connectivity index (χ2v) is 8.72. The van der Waals surface area contributed by atoms with Gasteiger partial charge in [0.2, 0.25) is 0 Å². The van der Waals surface area contributed by atoms with Gasteiger partial charge in [-0.15, -0.1) is 71.8 Å². The number of aliphatic hydroxyl groups is 1. The van der Waals surface area contributed by atoms with Crippen molar-refractivity contribution in [3.8, 4) is 22.5 Å². The molecule has 2 radical (unpaired) electrons. The summed E-state index contributed by atoms with van der Waals surface area (Å²) in [5, 5.41) is 11.9. The van der Waals surface area contributed by atoms with Crippen molar-refractivity contribution in [1.29, 1.82) is 0 Å². The number of hydrogen-bond donors (Lipinski definition) is 1. The monoisotopic (exact) mass is 894 g/mol. The summed E-state index contributed by atoms with van der Waals surface area (Å²) in [6, 6.07) is 44.8. The molecule has 1 N–H and O–H groups in total. The van der Waals surface area contributed by atoms with Gasteiger partial charge in [-0.1, -0.05) is 54.6 Å². The molecular weight excluding hydrogens is 865 g/mol. The van der Waals surface area contributed by atoms with Gasteiger partial charge in [0.1, 0.15) is 0 Å². The smallest absolute Gasteiger partial charge is 0.155 e. The average Bonchev–Trinajstić information content (AvgIpc) is 2.97. The number of hydrogen-bond acceptors (Lipinski definition) is 4. The van der Waals surface area contributed by atoms with Crippen molar-refractivity contribution in [3.05, 3.63) is 145 Å². The van der Waals surface area contributed by atoms with Crippen LogP contribution in [0.4, 0.5) is 0 Å². The van der Waals surface area contributed by atoms with Crippen LogP contribution >= 0.6 is 0 Å². The number of nitrogens with zero attached hydrogens (tertiary/aromatic N) is 2. The van der Waals surface area contributed by atoms with Gasteiger partial charge < -0.3 is 10.1 Å². The fourth-order valence-electron chi connectivity index (χ4n) is 3.94. The molecule has 0 bridgehead atoms. The molecule has 0 aliphatic heterocycles. The minimum absolute atomic E-state index is 0. The number of fused-ring (bicyclic) bond motifs is 2. The van der Waals surface area contributed by atoms with E-state index in [1.807, 2.05) is 97.2 Å². The summed E-state index contributed by atoms with van der Waals surface area (Å²) in [7, 11) is 0. The number of aromatic nitrogens is 2. The summed E-state index contributed by atoms with van der Waals surface area (Å²) in [4.78, 5) is 19.1. The van der Waals surface area contributed by atoms with Crippen LogP contribution in [0.1, 0.15) is 13.8 Å². The summed E-state index contributed by atoms with van der Waals surface area (Å²) in [5.74, 6) is -0.0625. The number of pyridine rings is 2. The number of carbonyl (C=O) groups excluding carboxylic acids is 1. The van der Waals surface area contributed by atoms with E-state index in [1.54, 1.807) is 0 Å². The SMILES string of the molecule is CC(=O)C=C(C)O.[Ir].[Ir].[c-]1ccccc1-c1ccc2ccccc2n1.[c-]1ccccc1-c1nccc2ccccc12. The first-order chi connectivity index (χ1) is 19.0. The van der Waals surface area contributed by atoms with E-state index in [4.69, 9.17) is 5.11 Å². The Bertz CT molecular complexity index is 1690. The summed E-state index contributed by atoms with van der Waals surface area (Å²) in [6.07, 6.45) is 3.01. The van der Waals surface area contributed by atoms with Gasteiger partial charge in [0.05, 0.1) is 11.3 Å². The molecule has 4 nitrogen and oxygen atoms in total. The number of rotatable bonds is 3. The topological polar surface area (TPSA) is 63.1 Å². The number of para-hydroxylation sites is 1. The van der Waals surface area contributed by atoms with E-state index in [-0.39, 0.29) is 51.8 Å². The van der Waals surface area contributed by atoms with E-state index in [9.17, 15) is 4.79 Å². The van der Waals surface area contributed by atoms with Crippen LogP contribution < -0.4 is 0 Å². The van der Waals surface area contributed by atoms with E-state index in [1.165, 1.54) is 36.1 Å². The molecule has 4 aromatic carbocycles. The van der Waals surface area contributed by atoms with Crippen LogP contribution in [0.2, 0.25) is 0 Å². The molecule has 210 valence electrons. The van der Waals surface area contributed by atoms with Gasteiger partial charge in [-0.05, 0) is 53.5 Å². The maximum Gasteiger partial charge on any atom is 0.155 e. The fourth-order valence-corrected chi connectivity index (χ4v) is 3.94. The Kier molecular flexibility index (Phi) is 14.0. The summed E-state index contributed by atoms with van der Waals surface area (Å²) in [6.45, 7) is 2.85. The first-order valence-electron chi connectivity index (χ1n) is 12.5. The normalized spacial score (nSPS) is 10.1. The molecule has 0 spiro atoms. The van der Waals surface area contributed by atoms with E-state index in [0.717, 1.165) is 28.0 Å². The molecule has 6 rings (SSSR count). The molecule has 0 atom stereocenters. The maximum atomic E-state index is 10.0. The van der Waals surface area contributed by atoms with Crippen LogP contribution in [0.5, 0.6) is 0 Å². The zero-order valence-electron chi connectivity index (χ0n) is 22.5. The van der Waals surface area contributed by atoms with Gasteiger partial charge in [0.15, 0.2) is 5.78 Å². The van der Waals surface area contributed by atoms with Gasteiger partial charge in [0.25, 0.3) is 0 Å². The first-order valence-corrected chi connectivity index (χ1v) is 12.5. The quantitative estimate of drug-likeness (QED) is 0.110. The number of benzene rings is 4. The molecule has 2 heterocycles. The molecule has 0 amide bonds. The molecule has 0 fully saturated rings. The molecule has 41 heavy (non-hydrogen) atoms. The largest absolute Gasteiger partial charge is 0.512 e. The summed E-state index contributed by atoms with van der Waals surface area (Å²) >= 11 is 0. The van der Waals surface area contributed by atoms with Gasteiger partial charge in [-0.3, -0.25) is 9.78 Å². The molecule has 0 unspecified atom stereocenters. The number of carbonyl (C=O) groups is 1. The molecule has 0 aliphatic carbocycles. The van der Waals surface area contributed by atoms with Gasteiger partial charge in [0, 0.05) is 52.5 Å². The van der Waals surface area contributed by atoms with Crippen LogP contribution in [0.3, 0.4) is 0 Å². The Morgan fingerprint density at radius 3 is 1.93 bits per heavy atom. The van der Waals surface area contributed by atoms with Crippen LogP contribution in [0.25, 0.3) is 44.2 Å². The Labute approximate surface area is 267 Å². The molecular formula is C35H28Ir2N2O2-2. The molecule has 6 aromatic rings. The Morgan fingerprint density at radius 1 is 0.707 bits per heavy atom.